The largest absolute Gasteiger partial charge is 0.494 e. The molecule has 0 saturated carbocycles. The number of hydrogen-bond donors (Lipinski definition) is 1. The molecule has 7 heteroatoms. The molecule has 0 aliphatic rings. The molecule has 0 spiro atoms. The summed E-state index contributed by atoms with van der Waals surface area (Å²) in [5, 5.41) is 3.54. The van der Waals surface area contributed by atoms with Gasteiger partial charge in [-0.2, -0.15) is 0 Å². The van der Waals surface area contributed by atoms with Gasteiger partial charge in [0, 0.05) is 0 Å². The first-order chi connectivity index (χ1) is 12.4. The van der Waals surface area contributed by atoms with Crippen LogP contribution in [0.15, 0.2) is 34.7 Å². The maximum atomic E-state index is 13.9. The Morgan fingerprint density at radius 1 is 1.31 bits per heavy atom. The number of amides is 1. The van der Waals surface area contributed by atoms with Gasteiger partial charge >= 0.3 is 0 Å². The molecule has 2 aromatic heterocycles. The molecule has 1 amide bonds. The first-order valence-corrected chi connectivity index (χ1v) is 8.89. The maximum Gasteiger partial charge on any atom is 0.263 e. The van der Waals surface area contributed by atoms with E-state index < -0.39 is 5.82 Å². The molecule has 26 heavy (non-hydrogen) atoms. The van der Waals surface area contributed by atoms with Gasteiger partial charge in [-0.15, -0.1) is 11.3 Å². The third-order valence-corrected chi connectivity index (χ3v) is 5.15. The van der Waals surface area contributed by atoms with Crippen molar-refractivity contribution in [1.29, 1.82) is 0 Å². The summed E-state index contributed by atoms with van der Waals surface area (Å²) in [6.45, 7) is 5.43. The van der Waals surface area contributed by atoms with Crippen LogP contribution in [0.3, 0.4) is 0 Å². The minimum Gasteiger partial charge on any atom is -0.494 e. The average molecular weight is 374 g/mol. The molecule has 0 radical (unpaired) electrons. The molecular weight excluding hydrogens is 355 g/mol. The Balaban J connectivity index is 1.77. The second-order valence-electron chi connectivity index (χ2n) is 5.93. The highest BCUT2D eigenvalue weighted by molar-refractivity contribution is 7.17. The molecule has 1 N–H and O–H groups in total. The van der Waals surface area contributed by atoms with E-state index in [1.54, 1.807) is 26.0 Å². The predicted octanol–water partition coefficient (Wildman–Crippen LogP) is 4.66. The van der Waals surface area contributed by atoms with E-state index in [9.17, 15) is 9.18 Å². The summed E-state index contributed by atoms with van der Waals surface area (Å²) in [7, 11) is 1.41. The molecule has 0 aliphatic carbocycles. The number of carbonyl (C=O) groups excluding carboxylic acids is 1. The summed E-state index contributed by atoms with van der Waals surface area (Å²) in [6.07, 6.45) is 0. The zero-order valence-electron chi connectivity index (χ0n) is 14.9. The second-order valence-corrected chi connectivity index (χ2v) is 6.93. The zero-order chi connectivity index (χ0) is 18.8. The fourth-order valence-electron chi connectivity index (χ4n) is 2.56. The number of aryl methyl sites for hydroxylation is 2. The van der Waals surface area contributed by atoms with Gasteiger partial charge in [0.25, 0.3) is 5.91 Å². The first-order valence-electron chi connectivity index (χ1n) is 8.07. The van der Waals surface area contributed by atoms with Crippen LogP contribution >= 0.6 is 11.3 Å². The number of nitrogens with one attached hydrogen (secondary N) is 1. The number of benzene rings is 1. The van der Waals surface area contributed by atoms with Crippen molar-refractivity contribution >= 4 is 17.2 Å². The highest BCUT2D eigenvalue weighted by Crippen LogP contribution is 2.30. The fourth-order valence-corrected chi connectivity index (χ4v) is 3.49. The van der Waals surface area contributed by atoms with Crippen molar-refractivity contribution in [1.82, 2.24) is 10.3 Å². The Labute approximate surface area is 154 Å². The van der Waals surface area contributed by atoms with Crippen LogP contribution in [0, 0.1) is 19.7 Å². The minimum absolute atomic E-state index is 0.170. The molecule has 0 aliphatic heterocycles. The van der Waals surface area contributed by atoms with Crippen molar-refractivity contribution in [3.8, 4) is 16.5 Å². The molecule has 3 rings (SSSR count). The van der Waals surface area contributed by atoms with Gasteiger partial charge in [0.15, 0.2) is 22.3 Å². The monoisotopic (exact) mass is 374 g/mol. The van der Waals surface area contributed by atoms with Crippen LogP contribution in [0.4, 0.5) is 4.39 Å². The van der Waals surface area contributed by atoms with E-state index in [0.29, 0.717) is 26.9 Å². The average Bonchev–Trinajstić information content (AvgIpc) is 3.20. The topological polar surface area (TPSA) is 64.4 Å². The number of halogens is 1. The van der Waals surface area contributed by atoms with Crippen molar-refractivity contribution in [3.05, 3.63) is 58.0 Å². The quantitative estimate of drug-likeness (QED) is 0.705. The highest BCUT2D eigenvalue weighted by atomic mass is 32.1. The summed E-state index contributed by atoms with van der Waals surface area (Å²) in [4.78, 5) is 17.5. The Bertz CT molecular complexity index is 948. The SMILES string of the molecule is COc1ccc(C(C)NC(=O)c2sc(-c3ccc(C)o3)nc2C)cc1F. The van der Waals surface area contributed by atoms with Crippen molar-refractivity contribution < 1.29 is 18.3 Å². The van der Waals surface area contributed by atoms with Gasteiger partial charge in [0.05, 0.1) is 18.8 Å². The van der Waals surface area contributed by atoms with E-state index in [-0.39, 0.29) is 17.7 Å². The van der Waals surface area contributed by atoms with Crippen LogP contribution in [0.25, 0.3) is 10.8 Å². The highest BCUT2D eigenvalue weighted by Gasteiger charge is 2.20. The van der Waals surface area contributed by atoms with Crippen LogP contribution in [-0.4, -0.2) is 18.0 Å². The third-order valence-electron chi connectivity index (χ3n) is 3.98. The summed E-state index contributed by atoms with van der Waals surface area (Å²) in [6, 6.07) is 7.95. The number of ether oxygens (including phenoxy) is 1. The van der Waals surface area contributed by atoms with Gasteiger partial charge in [-0.25, -0.2) is 9.37 Å². The van der Waals surface area contributed by atoms with Crippen LogP contribution in [-0.2, 0) is 0 Å². The van der Waals surface area contributed by atoms with Gasteiger partial charge < -0.3 is 14.5 Å². The minimum atomic E-state index is -0.462. The van der Waals surface area contributed by atoms with Gasteiger partial charge in [-0.05, 0) is 50.6 Å². The molecule has 136 valence electrons. The van der Waals surface area contributed by atoms with E-state index in [4.69, 9.17) is 9.15 Å². The molecule has 2 heterocycles. The first kappa shape index (κ1) is 18.1. The van der Waals surface area contributed by atoms with Crippen LogP contribution in [0.1, 0.15) is 39.7 Å². The maximum absolute atomic E-state index is 13.9. The number of aromatic nitrogens is 1. The van der Waals surface area contributed by atoms with Gasteiger partial charge in [0.1, 0.15) is 10.6 Å². The van der Waals surface area contributed by atoms with Gasteiger partial charge in [-0.1, -0.05) is 6.07 Å². The van der Waals surface area contributed by atoms with Gasteiger partial charge in [-0.3, -0.25) is 4.79 Å². The van der Waals surface area contributed by atoms with E-state index in [1.165, 1.54) is 24.5 Å². The smallest absolute Gasteiger partial charge is 0.263 e. The summed E-state index contributed by atoms with van der Waals surface area (Å²) < 4.78 is 24.4. The number of nitrogens with zero attached hydrogens (tertiary/aromatic N) is 1. The Morgan fingerprint density at radius 3 is 2.69 bits per heavy atom. The molecule has 1 unspecified atom stereocenters. The lowest BCUT2D eigenvalue weighted by molar-refractivity contribution is 0.0943. The number of rotatable bonds is 5. The molecule has 1 aromatic carbocycles. The summed E-state index contributed by atoms with van der Waals surface area (Å²) >= 11 is 1.27. The lowest BCUT2D eigenvalue weighted by Crippen LogP contribution is -2.26. The van der Waals surface area contributed by atoms with Crippen molar-refractivity contribution in [2.45, 2.75) is 26.8 Å². The van der Waals surface area contributed by atoms with Crippen LogP contribution < -0.4 is 10.1 Å². The summed E-state index contributed by atoms with van der Waals surface area (Å²) in [5.41, 5.74) is 1.28. The fraction of sp³-hybridized carbons (Fsp3) is 0.263. The lowest BCUT2D eigenvalue weighted by Gasteiger charge is -2.14. The molecule has 0 bridgehead atoms. The number of carbonyl (C=O) groups is 1. The number of hydrogen-bond acceptors (Lipinski definition) is 5. The lowest BCUT2D eigenvalue weighted by atomic mass is 10.1. The van der Waals surface area contributed by atoms with Gasteiger partial charge in [0.2, 0.25) is 0 Å². The Kier molecular flexibility index (Phi) is 5.08. The second kappa shape index (κ2) is 7.29. The molecule has 1 atom stereocenters. The van der Waals surface area contributed by atoms with Crippen molar-refractivity contribution in [3.63, 3.8) is 0 Å². The summed E-state index contributed by atoms with van der Waals surface area (Å²) in [5.74, 6) is 0.881. The standard InChI is InChI=1S/C19H19FN2O3S/c1-10-5-7-16(25-10)19-22-12(3)17(26-19)18(23)21-11(2)13-6-8-15(24-4)14(20)9-13/h5-9,11H,1-4H3,(H,21,23). The third kappa shape index (κ3) is 3.62. The number of thiazole rings is 1. The predicted molar refractivity (Wildman–Crippen MR) is 98.1 cm³/mol. The van der Waals surface area contributed by atoms with E-state index >= 15 is 0 Å². The van der Waals surface area contributed by atoms with E-state index in [0.717, 1.165) is 5.76 Å². The van der Waals surface area contributed by atoms with Crippen molar-refractivity contribution in [2.24, 2.45) is 0 Å². The number of methoxy groups -OCH3 is 1. The number of furan rings is 1. The Morgan fingerprint density at radius 2 is 2.08 bits per heavy atom. The Hall–Kier alpha value is -2.67. The van der Waals surface area contributed by atoms with Crippen LogP contribution in [0.5, 0.6) is 5.75 Å². The van der Waals surface area contributed by atoms with Crippen molar-refractivity contribution in [2.75, 3.05) is 7.11 Å². The van der Waals surface area contributed by atoms with E-state index in [1.807, 2.05) is 19.1 Å². The normalized spacial score (nSPS) is 12.0. The van der Waals surface area contributed by atoms with E-state index in [2.05, 4.69) is 10.3 Å². The molecule has 0 fully saturated rings. The van der Waals surface area contributed by atoms with Crippen LogP contribution in [0.2, 0.25) is 0 Å². The molecular formula is C19H19FN2O3S. The zero-order valence-corrected chi connectivity index (χ0v) is 15.7. The molecule has 3 aromatic rings. The molecule has 0 saturated heterocycles. The molecule has 5 nitrogen and oxygen atoms in total.